The molecule has 1 aromatic carbocycles. The second-order valence-corrected chi connectivity index (χ2v) is 5.22. The van der Waals surface area contributed by atoms with Gasteiger partial charge in [-0.25, -0.2) is 0 Å². The molecule has 5 N–H and O–H groups in total. The minimum absolute atomic E-state index is 0.112. The van der Waals surface area contributed by atoms with Gasteiger partial charge in [-0.05, 0) is 31.4 Å². The Labute approximate surface area is 117 Å². The third-order valence-corrected chi connectivity index (χ3v) is 3.36. The number of benzene rings is 1. The number of hydrogen-bond acceptors (Lipinski definition) is 4. The van der Waals surface area contributed by atoms with Crippen LogP contribution in [0.1, 0.15) is 25.7 Å². The molecule has 0 unspecified atom stereocenters. The fourth-order valence-corrected chi connectivity index (χ4v) is 2.15. The van der Waals surface area contributed by atoms with Crippen LogP contribution < -0.4 is 21.5 Å². The summed E-state index contributed by atoms with van der Waals surface area (Å²) in [5, 5.41) is 2.78. The monoisotopic (exact) mass is 277 g/mol. The van der Waals surface area contributed by atoms with Crippen molar-refractivity contribution in [1.82, 2.24) is 0 Å². The van der Waals surface area contributed by atoms with E-state index in [1.165, 1.54) is 0 Å². The van der Waals surface area contributed by atoms with E-state index >= 15 is 0 Å². The molecule has 2 rings (SSSR count). The van der Waals surface area contributed by atoms with Crippen LogP contribution in [0.25, 0.3) is 0 Å². The summed E-state index contributed by atoms with van der Waals surface area (Å²) in [6.07, 6.45) is 3.18. The summed E-state index contributed by atoms with van der Waals surface area (Å²) in [6, 6.07) is 6.81. The lowest BCUT2D eigenvalue weighted by molar-refractivity contribution is -0.120. The van der Waals surface area contributed by atoms with Crippen molar-refractivity contribution in [1.29, 1.82) is 0 Å². The lowest BCUT2D eigenvalue weighted by Crippen LogP contribution is -2.48. The number of nitrogens with two attached hydrogens (primary N) is 2. The van der Waals surface area contributed by atoms with Crippen LogP contribution in [0, 0.1) is 0 Å². The summed E-state index contributed by atoms with van der Waals surface area (Å²) in [7, 11) is 0. The summed E-state index contributed by atoms with van der Waals surface area (Å²) in [5.41, 5.74) is 11.3. The Morgan fingerprint density at radius 1 is 1.35 bits per heavy atom. The second-order valence-electron chi connectivity index (χ2n) is 5.22. The smallest absolute Gasteiger partial charge is 0.255 e. The van der Waals surface area contributed by atoms with Gasteiger partial charge in [0.25, 0.3) is 5.91 Å². The van der Waals surface area contributed by atoms with Gasteiger partial charge in [0.1, 0.15) is 5.75 Å². The SMILES string of the molecule is NC(=O)COc1cccc(NC(=O)CC2(N)CCC2)c1. The summed E-state index contributed by atoms with van der Waals surface area (Å²) in [4.78, 5) is 22.5. The molecule has 0 saturated heterocycles. The Balaban J connectivity index is 1.90. The third kappa shape index (κ3) is 3.96. The molecule has 6 nitrogen and oxygen atoms in total. The highest BCUT2D eigenvalue weighted by Gasteiger charge is 2.34. The first-order valence-electron chi connectivity index (χ1n) is 6.57. The molecule has 108 valence electrons. The number of carbonyl (C=O) groups excluding carboxylic acids is 2. The molecule has 0 bridgehead atoms. The van der Waals surface area contributed by atoms with Crippen molar-refractivity contribution in [2.75, 3.05) is 11.9 Å². The molecule has 0 heterocycles. The second kappa shape index (κ2) is 5.92. The highest BCUT2D eigenvalue weighted by Crippen LogP contribution is 2.32. The van der Waals surface area contributed by atoms with E-state index in [4.69, 9.17) is 16.2 Å². The fourth-order valence-electron chi connectivity index (χ4n) is 2.15. The summed E-state index contributed by atoms with van der Waals surface area (Å²) in [5.74, 6) is -0.179. The number of carbonyl (C=O) groups is 2. The maximum atomic E-state index is 11.9. The highest BCUT2D eigenvalue weighted by molar-refractivity contribution is 5.91. The fraction of sp³-hybridized carbons (Fsp3) is 0.429. The molecule has 1 aromatic rings. The molecule has 1 saturated carbocycles. The molecule has 0 radical (unpaired) electrons. The van der Waals surface area contributed by atoms with E-state index in [1.54, 1.807) is 24.3 Å². The Kier molecular flexibility index (Phi) is 4.24. The Morgan fingerprint density at radius 2 is 2.10 bits per heavy atom. The summed E-state index contributed by atoms with van der Waals surface area (Å²) >= 11 is 0. The van der Waals surface area contributed by atoms with Crippen molar-refractivity contribution in [2.24, 2.45) is 11.5 Å². The average molecular weight is 277 g/mol. The van der Waals surface area contributed by atoms with Crippen molar-refractivity contribution in [3.8, 4) is 5.75 Å². The molecular formula is C14H19N3O3. The van der Waals surface area contributed by atoms with Gasteiger partial charge < -0.3 is 21.5 Å². The Hall–Kier alpha value is -2.08. The quantitative estimate of drug-likeness (QED) is 0.713. The van der Waals surface area contributed by atoms with E-state index in [-0.39, 0.29) is 18.1 Å². The molecule has 6 heteroatoms. The Morgan fingerprint density at radius 3 is 2.70 bits per heavy atom. The predicted octanol–water partition coefficient (Wildman–Crippen LogP) is 0.761. The summed E-state index contributed by atoms with van der Waals surface area (Å²) in [6.45, 7) is -0.191. The minimum Gasteiger partial charge on any atom is -0.484 e. The van der Waals surface area contributed by atoms with E-state index < -0.39 is 5.91 Å². The van der Waals surface area contributed by atoms with E-state index in [0.29, 0.717) is 17.9 Å². The molecule has 0 aliphatic heterocycles. The zero-order valence-corrected chi connectivity index (χ0v) is 11.2. The van der Waals surface area contributed by atoms with Crippen molar-refractivity contribution in [2.45, 2.75) is 31.2 Å². The van der Waals surface area contributed by atoms with Crippen LogP contribution in [0.15, 0.2) is 24.3 Å². The van der Waals surface area contributed by atoms with Crippen LogP contribution in [0.3, 0.4) is 0 Å². The van der Waals surface area contributed by atoms with Crippen molar-refractivity contribution in [3.05, 3.63) is 24.3 Å². The molecular weight excluding hydrogens is 258 g/mol. The van der Waals surface area contributed by atoms with Gasteiger partial charge in [-0.3, -0.25) is 9.59 Å². The van der Waals surface area contributed by atoms with Crippen molar-refractivity contribution < 1.29 is 14.3 Å². The van der Waals surface area contributed by atoms with Gasteiger partial charge in [-0.15, -0.1) is 0 Å². The van der Waals surface area contributed by atoms with E-state index in [0.717, 1.165) is 19.3 Å². The molecule has 1 fully saturated rings. The number of hydrogen-bond donors (Lipinski definition) is 3. The van der Waals surface area contributed by atoms with Gasteiger partial charge in [0.15, 0.2) is 6.61 Å². The number of nitrogens with one attached hydrogen (secondary N) is 1. The molecule has 2 amide bonds. The van der Waals surface area contributed by atoms with Gasteiger partial charge in [0, 0.05) is 23.7 Å². The first-order valence-corrected chi connectivity index (χ1v) is 6.57. The minimum atomic E-state index is -0.547. The third-order valence-electron chi connectivity index (χ3n) is 3.36. The first kappa shape index (κ1) is 14.3. The normalized spacial score (nSPS) is 16.1. The van der Waals surface area contributed by atoms with E-state index in [1.807, 2.05) is 0 Å². The van der Waals surface area contributed by atoms with Crippen LogP contribution in [0.5, 0.6) is 5.75 Å². The maximum absolute atomic E-state index is 11.9. The van der Waals surface area contributed by atoms with E-state index in [2.05, 4.69) is 5.32 Å². The lowest BCUT2D eigenvalue weighted by atomic mass is 9.75. The zero-order valence-electron chi connectivity index (χ0n) is 11.2. The number of anilines is 1. The van der Waals surface area contributed by atoms with Crippen LogP contribution in [0.4, 0.5) is 5.69 Å². The standard InChI is InChI=1S/C14H19N3O3/c15-12(18)9-20-11-4-1-3-10(7-11)17-13(19)8-14(16)5-2-6-14/h1,3-4,7H,2,5-6,8-9,16H2,(H2,15,18)(H,17,19). The van der Waals surface area contributed by atoms with Crippen LogP contribution in [0.2, 0.25) is 0 Å². The zero-order chi connectivity index (χ0) is 14.6. The van der Waals surface area contributed by atoms with Gasteiger partial charge in [-0.2, -0.15) is 0 Å². The average Bonchev–Trinajstić information content (AvgIpc) is 2.35. The number of amides is 2. The van der Waals surface area contributed by atoms with Crippen LogP contribution in [-0.4, -0.2) is 24.0 Å². The lowest BCUT2D eigenvalue weighted by Gasteiger charge is -2.37. The van der Waals surface area contributed by atoms with Crippen LogP contribution >= 0.6 is 0 Å². The molecule has 1 aliphatic rings. The number of ether oxygens (including phenoxy) is 1. The maximum Gasteiger partial charge on any atom is 0.255 e. The Bertz CT molecular complexity index is 512. The molecule has 1 aliphatic carbocycles. The van der Waals surface area contributed by atoms with Gasteiger partial charge in [0.2, 0.25) is 5.91 Å². The predicted molar refractivity (Wildman–Crippen MR) is 75.1 cm³/mol. The highest BCUT2D eigenvalue weighted by atomic mass is 16.5. The van der Waals surface area contributed by atoms with Crippen molar-refractivity contribution >= 4 is 17.5 Å². The van der Waals surface area contributed by atoms with Crippen LogP contribution in [-0.2, 0) is 9.59 Å². The van der Waals surface area contributed by atoms with E-state index in [9.17, 15) is 9.59 Å². The van der Waals surface area contributed by atoms with Gasteiger partial charge in [-0.1, -0.05) is 6.07 Å². The topological polar surface area (TPSA) is 107 Å². The molecule has 0 spiro atoms. The summed E-state index contributed by atoms with van der Waals surface area (Å²) < 4.78 is 5.17. The van der Waals surface area contributed by atoms with Gasteiger partial charge >= 0.3 is 0 Å². The largest absolute Gasteiger partial charge is 0.484 e. The first-order chi connectivity index (χ1) is 9.47. The van der Waals surface area contributed by atoms with Crippen molar-refractivity contribution in [3.63, 3.8) is 0 Å². The molecule has 0 atom stereocenters. The molecule has 0 aromatic heterocycles. The number of primary amides is 1. The number of rotatable bonds is 6. The molecule has 20 heavy (non-hydrogen) atoms. The van der Waals surface area contributed by atoms with Gasteiger partial charge in [0.05, 0.1) is 0 Å².